The smallest absolute Gasteiger partial charge is 0.413 e. The molecule has 1 unspecified atom stereocenters. The van der Waals surface area contributed by atoms with Crippen LogP contribution in [0.15, 0.2) is 12.3 Å². The minimum absolute atomic E-state index is 0.0830. The molecule has 1 aromatic heterocycles. The summed E-state index contributed by atoms with van der Waals surface area (Å²) < 4.78 is 10.3. The molecule has 0 aliphatic rings. The molecule has 0 spiro atoms. The number of carbonyl (C=O) groups excluding carboxylic acids is 3. The van der Waals surface area contributed by atoms with Crippen molar-refractivity contribution >= 4 is 34.8 Å². The van der Waals surface area contributed by atoms with Gasteiger partial charge in [-0.25, -0.2) is 9.78 Å². The molecular formula is C19H28N2O6S. The fourth-order valence-corrected chi connectivity index (χ4v) is 2.97. The van der Waals surface area contributed by atoms with Crippen LogP contribution in [0.25, 0.3) is 0 Å². The summed E-state index contributed by atoms with van der Waals surface area (Å²) in [5.41, 5.74) is 0.413. The average molecular weight is 413 g/mol. The van der Waals surface area contributed by atoms with Crippen LogP contribution in [0.2, 0.25) is 0 Å². The van der Waals surface area contributed by atoms with E-state index >= 15 is 0 Å². The first-order valence-electron chi connectivity index (χ1n) is 8.94. The number of aliphatic hydroxyl groups excluding tert-OH is 1. The number of esters is 1. The van der Waals surface area contributed by atoms with E-state index in [0.29, 0.717) is 23.3 Å². The Kier molecular flexibility index (Phi) is 9.40. The number of nitrogens with zero attached hydrogens (tertiary/aromatic N) is 1. The van der Waals surface area contributed by atoms with E-state index in [2.05, 4.69) is 10.3 Å². The number of nitrogens with one attached hydrogen (secondary N) is 1. The first kappa shape index (κ1) is 23.9. The van der Waals surface area contributed by atoms with Gasteiger partial charge in [0.05, 0.1) is 19.1 Å². The predicted molar refractivity (Wildman–Crippen MR) is 107 cm³/mol. The molecular weight excluding hydrogens is 384 g/mol. The molecule has 0 aliphatic heterocycles. The summed E-state index contributed by atoms with van der Waals surface area (Å²) in [5.74, 6) is -0.434. The number of aliphatic hydroxyl groups is 1. The molecule has 0 aromatic carbocycles. The van der Waals surface area contributed by atoms with E-state index in [-0.39, 0.29) is 24.1 Å². The second-order valence-corrected chi connectivity index (χ2v) is 8.29. The van der Waals surface area contributed by atoms with Crippen LogP contribution in [0.5, 0.6) is 0 Å². The Morgan fingerprint density at radius 2 is 2.00 bits per heavy atom. The van der Waals surface area contributed by atoms with Crippen LogP contribution in [-0.2, 0) is 32.1 Å². The molecule has 9 heteroatoms. The standard InChI is InChI=1S/C19H28N2O6S/c1-6-26-17(24)15(11-28-12(2)23)8-13-7-14(10-22)16(20-9-13)21-18(25)27-19(3,4)5/h7,9,15,22H,6,8,10-11H2,1-5H3,(H,20,21,25). The highest BCUT2D eigenvalue weighted by molar-refractivity contribution is 8.13. The molecule has 0 saturated heterocycles. The number of rotatable bonds is 8. The third-order valence-corrected chi connectivity index (χ3v) is 4.38. The highest BCUT2D eigenvalue weighted by Crippen LogP contribution is 2.21. The molecule has 1 atom stereocenters. The molecule has 28 heavy (non-hydrogen) atoms. The van der Waals surface area contributed by atoms with Crippen LogP contribution in [0.4, 0.5) is 10.6 Å². The molecule has 1 heterocycles. The number of ether oxygens (including phenoxy) is 2. The van der Waals surface area contributed by atoms with Crippen molar-refractivity contribution in [1.29, 1.82) is 0 Å². The Labute approximate surface area is 169 Å². The number of anilines is 1. The van der Waals surface area contributed by atoms with E-state index in [9.17, 15) is 19.5 Å². The highest BCUT2D eigenvalue weighted by Gasteiger charge is 2.23. The summed E-state index contributed by atoms with van der Waals surface area (Å²) in [6.45, 7) is 8.28. The molecule has 0 fully saturated rings. The molecule has 0 bridgehead atoms. The quantitative estimate of drug-likeness (QED) is 0.626. The number of aromatic nitrogens is 1. The van der Waals surface area contributed by atoms with Crippen molar-refractivity contribution in [2.75, 3.05) is 17.7 Å². The average Bonchev–Trinajstić information content (AvgIpc) is 2.57. The van der Waals surface area contributed by atoms with Gasteiger partial charge < -0.3 is 14.6 Å². The lowest BCUT2D eigenvalue weighted by atomic mass is 10.0. The van der Waals surface area contributed by atoms with E-state index < -0.39 is 23.6 Å². The van der Waals surface area contributed by atoms with Gasteiger partial charge in [-0.3, -0.25) is 14.9 Å². The van der Waals surface area contributed by atoms with Gasteiger partial charge in [-0.05, 0) is 45.7 Å². The number of carbonyl (C=O) groups is 3. The Bertz CT molecular complexity index is 702. The van der Waals surface area contributed by atoms with Gasteiger partial charge in [0.25, 0.3) is 0 Å². The molecule has 0 saturated carbocycles. The van der Waals surface area contributed by atoms with Crippen LogP contribution < -0.4 is 5.32 Å². The summed E-state index contributed by atoms with van der Waals surface area (Å²) in [7, 11) is 0. The van der Waals surface area contributed by atoms with Gasteiger partial charge >= 0.3 is 12.1 Å². The number of hydrogen-bond acceptors (Lipinski definition) is 8. The van der Waals surface area contributed by atoms with Crippen molar-refractivity contribution in [3.8, 4) is 0 Å². The zero-order valence-corrected chi connectivity index (χ0v) is 17.7. The van der Waals surface area contributed by atoms with Gasteiger partial charge in [0.1, 0.15) is 11.4 Å². The lowest BCUT2D eigenvalue weighted by molar-refractivity contribution is -0.147. The maximum Gasteiger partial charge on any atom is 0.413 e. The maximum absolute atomic E-state index is 12.2. The van der Waals surface area contributed by atoms with E-state index in [1.165, 1.54) is 13.1 Å². The van der Waals surface area contributed by atoms with Crippen LogP contribution >= 0.6 is 11.8 Å². The number of hydrogen-bond donors (Lipinski definition) is 2. The Morgan fingerprint density at radius 1 is 1.32 bits per heavy atom. The molecule has 1 rings (SSSR count). The molecule has 156 valence electrons. The lowest BCUT2D eigenvalue weighted by Crippen LogP contribution is -2.28. The Balaban J connectivity index is 2.93. The van der Waals surface area contributed by atoms with Gasteiger partial charge in [-0.2, -0.15) is 0 Å². The predicted octanol–water partition coefficient (Wildman–Crippen LogP) is 2.92. The topological polar surface area (TPSA) is 115 Å². The van der Waals surface area contributed by atoms with Crippen molar-refractivity contribution in [1.82, 2.24) is 4.98 Å². The Hall–Kier alpha value is -2.13. The third kappa shape index (κ3) is 8.71. The summed E-state index contributed by atoms with van der Waals surface area (Å²) in [6.07, 6.45) is 1.13. The largest absolute Gasteiger partial charge is 0.466 e. The fraction of sp³-hybridized carbons (Fsp3) is 0.579. The zero-order valence-electron chi connectivity index (χ0n) is 16.9. The van der Waals surface area contributed by atoms with Gasteiger partial charge in [-0.1, -0.05) is 11.8 Å². The summed E-state index contributed by atoms with van der Waals surface area (Å²) in [4.78, 5) is 39.5. The first-order chi connectivity index (χ1) is 13.1. The second-order valence-electron chi connectivity index (χ2n) is 7.09. The van der Waals surface area contributed by atoms with Crippen molar-refractivity contribution < 1.29 is 29.0 Å². The van der Waals surface area contributed by atoms with E-state index in [1.807, 2.05) is 0 Å². The monoisotopic (exact) mass is 412 g/mol. The van der Waals surface area contributed by atoms with Gasteiger partial charge in [-0.15, -0.1) is 0 Å². The normalized spacial score (nSPS) is 12.2. The van der Waals surface area contributed by atoms with Crippen molar-refractivity contribution in [2.24, 2.45) is 5.92 Å². The van der Waals surface area contributed by atoms with Crippen LogP contribution in [0.1, 0.15) is 45.7 Å². The Morgan fingerprint density at radius 3 is 2.54 bits per heavy atom. The van der Waals surface area contributed by atoms with Crippen molar-refractivity contribution in [2.45, 2.75) is 53.2 Å². The second kappa shape index (κ2) is 11.0. The molecule has 0 radical (unpaired) electrons. The molecule has 0 aliphatic carbocycles. The van der Waals surface area contributed by atoms with Gasteiger partial charge in [0, 0.05) is 24.4 Å². The number of thioether (sulfide) groups is 1. The zero-order chi connectivity index (χ0) is 21.3. The molecule has 1 aromatic rings. The highest BCUT2D eigenvalue weighted by atomic mass is 32.2. The molecule has 1 amide bonds. The first-order valence-corrected chi connectivity index (χ1v) is 9.93. The van der Waals surface area contributed by atoms with Gasteiger partial charge in [0.2, 0.25) is 0 Å². The molecule has 2 N–H and O–H groups in total. The minimum atomic E-state index is -0.676. The SMILES string of the molecule is CCOC(=O)C(CSC(C)=O)Cc1cnc(NC(=O)OC(C)(C)C)c(CO)c1. The van der Waals surface area contributed by atoms with Gasteiger partial charge in [0.15, 0.2) is 5.12 Å². The summed E-state index contributed by atoms with van der Waals surface area (Å²) in [6, 6.07) is 1.66. The summed E-state index contributed by atoms with van der Waals surface area (Å²) >= 11 is 1.06. The summed E-state index contributed by atoms with van der Waals surface area (Å²) in [5, 5.41) is 12.0. The van der Waals surface area contributed by atoms with Crippen LogP contribution in [-0.4, -0.2) is 45.2 Å². The fourth-order valence-electron chi connectivity index (χ4n) is 2.28. The number of pyridine rings is 1. The third-order valence-electron chi connectivity index (χ3n) is 3.40. The van der Waals surface area contributed by atoms with Crippen LogP contribution in [0, 0.1) is 5.92 Å². The minimum Gasteiger partial charge on any atom is -0.466 e. The lowest BCUT2D eigenvalue weighted by Gasteiger charge is -2.20. The van der Waals surface area contributed by atoms with Crippen molar-refractivity contribution in [3.05, 3.63) is 23.4 Å². The molecule has 8 nitrogen and oxygen atoms in total. The van der Waals surface area contributed by atoms with Crippen LogP contribution in [0.3, 0.4) is 0 Å². The maximum atomic E-state index is 12.2. The van der Waals surface area contributed by atoms with E-state index in [4.69, 9.17) is 9.47 Å². The van der Waals surface area contributed by atoms with E-state index in [1.54, 1.807) is 33.8 Å². The number of amides is 1. The van der Waals surface area contributed by atoms with Crippen molar-refractivity contribution in [3.63, 3.8) is 0 Å². The van der Waals surface area contributed by atoms with E-state index in [0.717, 1.165) is 11.8 Å².